The normalized spacial score (nSPS) is 14.8. The third-order valence-corrected chi connectivity index (χ3v) is 1.90. The molecule has 0 atom stereocenters. The molecular weight excluding hydrogens is 146 g/mol. The Balaban J connectivity index is 2.84. The first-order valence-corrected chi connectivity index (χ1v) is 3.94. The van der Waals surface area contributed by atoms with E-state index in [0.29, 0.717) is 0 Å². The number of hydrogen-bond donors (Lipinski definition) is 0. The van der Waals surface area contributed by atoms with Crippen LogP contribution in [0, 0.1) is 0 Å². The zero-order valence-electron chi connectivity index (χ0n) is 5.19. The summed E-state index contributed by atoms with van der Waals surface area (Å²) in [6.07, 6.45) is 3.27. The van der Waals surface area contributed by atoms with Gasteiger partial charge in [0.2, 0.25) is 0 Å². The van der Waals surface area contributed by atoms with Gasteiger partial charge >= 0.3 is 0 Å². The van der Waals surface area contributed by atoms with Crippen LogP contribution >= 0.6 is 11.8 Å². The van der Waals surface area contributed by atoms with Crippen LogP contribution in [0.4, 0.5) is 0 Å². The van der Waals surface area contributed by atoms with Crippen LogP contribution in [0.5, 0.6) is 0 Å². The first-order chi connectivity index (χ1) is 4.97. The summed E-state index contributed by atoms with van der Waals surface area (Å²) in [6, 6.07) is 0. The molecule has 2 heterocycles. The van der Waals surface area contributed by atoms with Gasteiger partial charge in [0.25, 0.3) is 0 Å². The Hall–Kier alpha value is -0.900. The molecule has 0 fully saturated rings. The van der Waals surface area contributed by atoms with Gasteiger partial charge in [0.1, 0.15) is 11.7 Å². The molecule has 2 rings (SSSR count). The highest BCUT2D eigenvalue weighted by Gasteiger charge is 1.92. The van der Waals surface area contributed by atoms with E-state index in [1.54, 1.807) is 18.0 Å². The zero-order valence-corrected chi connectivity index (χ0v) is 6.01. The minimum Gasteiger partial charge on any atom is -0.270 e. The smallest absolute Gasteiger partial charge is 0.116 e. The maximum atomic E-state index is 4.20. The SMILES string of the molecule is C1=c2ncncc2=NCS1. The van der Waals surface area contributed by atoms with Gasteiger partial charge in [-0.25, -0.2) is 9.97 Å². The van der Waals surface area contributed by atoms with E-state index in [2.05, 4.69) is 15.0 Å². The van der Waals surface area contributed by atoms with Crippen LogP contribution < -0.4 is 10.7 Å². The average molecular weight is 151 g/mol. The minimum atomic E-state index is 0.792. The van der Waals surface area contributed by atoms with Crippen LogP contribution in [0.25, 0.3) is 5.41 Å². The number of thioether (sulfide) groups is 1. The highest BCUT2D eigenvalue weighted by Crippen LogP contribution is 2.00. The van der Waals surface area contributed by atoms with Crippen molar-refractivity contribution in [3.05, 3.63) is 23.2 Å². The van der Waals surface area contributed by atoms with Gasteiger partial charge < -0.3 is 0 Å². The summed E-state index contributed by atoms with van der Waals surface area (Å²) in [5.74, 6) is 0.792. The predicted octanol–water partition coefficient (Wildman–Crippen LogP) is -0.462. The molecule has 0 spiro atoms. The molecule has 10 heavy (non-hydrogen) atoms. The van der Waals surface area contributed by atoms with E-state index < -0.39 is 0 Å². The van der Waals surface area contributed by atoms with E-state index in [1.807, 2.05) is 5.41 Å². The van der Waals surface area contributed by atoms with Crippen molar-refractivity contribution in [1.82, 2.24) is 9.97 Å². The number of hydrogen-bond acceptors (Lipinski definition) is 4. The van der Waals surface area contributed by atoms with E-state index in [4.69, 9.17) is 0 Å². The molecule has 0 aliphatic carbocycles. The summed E-state index contributed by atoms with van der Waals surface area (Å²) in [7, 11) is 0. The van der Waals surface area contributed by atoms with Crippen molar-refractivity contribution < 1.29 is 0 Å². The first-order valence-electron chi connectivity index (χ1n) is 2.89. The quantitative estimate of drug-likeness (QED) is 0.503. The maximum absolute atomic E-state index is 4.20. The Morgan fingerprint density at radius 3 is 3.40 bits per heavy atom. The second kappa shape index (κ2) is 2.38. The molecule has 0 unspecified atom stereocenters. The third-order valence-electron chi connectivity index (χ3n) is 1.23. The summed E-state index contributed by atoms with van der Waals surface area (Å²) < 4.78 is 0. The number of fused-ring (bicyclic) bond motifs is 1. The van der Waals surface area contributed by atoms with E-state index in [-0.39, 0.29) is 0 Å². The fraction of sp³-hybridized carbons (Fsp3) is 0.167. The zero-order chi connectivity index (χ0) is 6.81. The van der Waals surface area contributed by atoms with E-state index in [1.165, 1.54) is 6.33 Å². The number of aromatic nitrogens is 2. The molecule has 1 aromatic heterocycles. The molecule has 3 nitrogen and oxygen atoms in total. The highest BCUT2D eigenvalue weighted by molar-refractivity contribution is 8.06. The van der Waals surface area contributed by atoms with Crippen molar-refractivity contribution in [1.29, 1.82) is 0 Å². The Bertz CT molecular complexity index is 311. The van der Waals surface area contributed by atoms with Crippen LogP contribution in [0.3, 0.4) is 0 Å². The van der Waals surface area contributed by atoms with Crippen molar-refractivity contribution in [3.63, 3.8) is 0 Å². The second-order valence-corrected chi connectivity index (χ2v) is 2.69. The van der Waals surface area contributed by atoms with E-state index in [9.17, 15) is 0 Å². The summed E-state index contributed by atoms with van der Waals surface area (Å²) in [6.45, 7) is 0. The van der Waals surface area contributed by atoms with Crippen LogP contribution in [0.1, 0.15) is 0 Å². The predicted molar refractivity (Wildman–Crippen MR) is 39.7 cm³/mol. The van der Waals surface area contributed by atoms with Crippen LogP contribution in [0.15, 0.2) is 17.5 Å². The standard InChI is InChI=1S/C6H5N3S/c1-5-6(8-3-7-1)2-10-4-9-5/h1-3H,4H2. The Labute approximate surface area is 61.9 Å². The highest BCUT2D eigenvalue weighted by atomic mass is 32.2. The fourth-order valence-electron chi connectivity index (χ4n) is 0.767. The molecule has 1 aliphatic rings. The molecule has 0 aromatic carbocycles. The third kappa shape index (κ3) is 0.903. The molecule has 4 heteroatoms. The Morgan fingerprint density at radius 2 is 2.50 bits per heavy atom. The van der Waals surface area contributed by atoms with Gasteiger partial charge in [0.05, 0.1) is 17.4 Å². The molecule has 50 valence electrons. The molecule has 0 bridgehead atoms. The Kier molecular flexibility index (Phi) is 1.39. The lowest BCUT2D eigenvalue weighted by Crippen LogP contribution is -2.30. The van der Waals surface area contributed by atoms with Crippen molar-refractivity contribution in [2.45, 2.75) is 0 Å². The number of nitrogens with zero attached hydrogens (tertiary/aromatic N) is 3. The van der Waals surface area contributed by atoms with Crippen molar-refractivity contribution >= 4 is 17.2 Å². The van der Waals surface area contributed by atoms with Gasteiger partial charge in [-0.2, -0.15) is 0 Å². The maximum Gasteiger partial charge on any atom is 0.116 e. The molecule has 0 amide bonds. The summed E-state index contributed by atoms with van der Waals surface area (Å²) in [5.41, 5.74) is 0. The fourth-order valence-corrected chi connectivity index (χ4v) is 1.40. The van der Waals surface area contributed by atoms with Crippen LogP contribution in [-0.2, 0) is 0 Å². The largest absolute Gasteiger partial charge is 0.270 e. The molecule has 0 radical (unpaired) electrons. The van der Waals surface area contributed by atoms with Crippen LogP contribution in [0.2, 0.25) is 0 Å². The van der Waals surface area contributed by atoms with Crippen molar-refractivity contribution in [2.24, 2.45) is 4.99 Å². The van der Waals surface area contributed by atoms with Crippen LogP contribution in [-0.4, -0.2) is 15.8 Å². The van der Waals surface area contributed by atoms with Gasteiger partial charge in [-0.1, -0.05) is 0 Å². The van der Waals surface area contributed by atoms with Gasteiger partial charge in [-0.05, 0) is 0 Å². The summed E-state index contributed by atoms with van der Waals surface area (Å²) in [4.78, 5) is 12.1. The molecule has 1 aromatic rings. The number of rotatable bonds is 0. The van der Waals surface area contributed by atoms with Gasteiger partial charge in [-0.15, -0.1) is 11.8 Å². The minimum absolute atomic E-state index is 0.792. The lowest BCUT2D eigenvalue weighted by atomic mass is 10.5. The topological polar surface area (TPSA) is 38.1 Å². The van der Waals surface area contributed by atoms with Crippen molar-refractivity contribution in [2.75, 3.05) is 5.88 Å². The monoisotopic (exact) mass is 151 g/mol. The molecule has 1 aliphatic heterocycles. The molecule has 0 saturated heterocycles. The Morgan fingerprint density at radius 1 is 1.50 bits per heavy atom. The van der Waals surface area contributed by atoms with Gasteiger partial charge in [0.15, 0.2) is 0 Å². The summed E-state index contributed by atoms with van der Waals surface area (Å²) in [5, 5.41) is 3.84. The van der Waals surface area contributed by atoms with Crippen molar-refractivity contribution in [3.8, 4) is 0 Å². The molecular formula is C6H5N3S. The van der Waals surface area contributed by atoms with Gasteiger partial charge in [-0.3, -0.25) is 4.99 Å². The first kappa shape index (κ1) is 5.85. The molecule has 0 N–H and O–H groups in total. The second-order valence-electron chi connectivity index (χ2n) is 1.86. The lowest BCUT2D eigenvalue weighted by Gasteiger charge is -1.94. The van der Waals surface area contributed by atoms with E-state index in [0.717, 1.165) is 16.6 Å². The lowest BCUT2D eigenvalue weighted by molar-refractivity contribution is 1.04. The average Bonchev–Trinajstić information content (AvgIpc) is 2.05. The summed E-state index contributed by atoms with van der Waals surface area (Å²) >= 11 is 1.66. The van der Waals surface area contributed by atoms with Gasteiger partial charge in [0, 0.05) is 5.41 Å². The molecule has 0 saturated carbocycles. The van der Waals surface area contributed by atoms with E-state index >= 15 is 0 Å².